The van der Waals surface area contributed by atoms with Crippen LogP contribution in [0.5, 0.6) is 0 Å². The van der Waals surface area contributed by atoms with Crippen molar-refractivity contribution >= 4 is 5.91 Å². The van der Waals surface area contributed by atoms with Crippen LogP contribution < -0.4 is 5.32 Å². The molecule has 3 rings (SSSR count). The lowest BCUT2D eigenvalue weighted by atomic mass is 10.1. The van der Waals surface area contributed by atoms with Crippen molar-refractivity contribution in [1.29, 1.82) is 0 Å². The Labute approximate surface area is 165 Å². The highest BCUT2D eigenvalue weighted by Crippen LogP contribution is 2.30. The largest absolute Gasteiger partial charge is 0.416 e. The minimum absolute atomic E-state index is 0.00885. The topological polar surface area (TPSA) is 46.9 Å². The number of carbonyl (C=O) groups excluding carboxylic acids is 1. The molecule has 0 aliphatic carbocycles. The van der Waals surface area contributed by atoms with Gasteiger partial charge in [-0.05, 0) is 44.2 Å². The number of hydrogen-bond acceptors (Lipinski definition) is 2. The van der Waals surface area contributed by atoms with Gasteiger partial charge in [-0.25, -0.2) is 9.07 Å². The molecular weight excluding hydrogens is 386 g/mol. The monoisotopic (exact) mass is 405 g/mol. The molecule has 4 nitrogen and oxygen atoms in total. The van der Waals surface area contributed by atoms with E-state index in [1.165, 1.54) is 0 Å². The number of hydrogen-bond donors (Lipinski definition) is 1. The number of aromatic nitrogens is 2. The lowest BCUT2D eigenvalue weighted by molar-refractivity contribution is -0.137. The lowest BCUT2D eigenvalue weighted by Gasteiger charge is -2.11. The molecular formula is C21H19F4N3O. The van der Waals surface area contributed by atoms with Crippen molar-refractivity contribution in [3.63, 3.8) is 0 Å². The molecule has 0 atom stereocenters. The summed E-state index contributed by atoms with van der Waals surface area (Å²) in [5.74, 6) is -1.23. The molecule has 1 amide bonds. The second-order valence-corrected chi connectivity index (χ2v) is 6.65. The summed E-state index contributed by atoms with van der Waals surface area (Å²) in [6.07, 6.45) is -4.59. The maximum atomic E-state index is 13.8. The Hall–Kier alpha value is -3.16. The number of rotatable bonds is 5. The fourth-order valence-electron chi connectivity index (χ4n) is 3.05. The Bertz CT molecular complexity index is 1030. The lowest BCUT2D eigenvalue weighted by Crippen LogP contribution is -2.25. The average Bonchev–Trinajstić information content (AvgIpc) is 2.95. The van der Waals surface area contributed by atoms with Crippen molar-refractivity contribution in [2.45, 2.75) is 33.0 Å². The Morgan fingerprint density at radius 2 is 1.79 bits per heavy atom. The first kappa shape index (κ1) is 20.6. The first-order valence-electron chi connectivity index (χ1n) is 8.89. The van der Waals surface area contributed by atoms with Crippen molar-refractivity contribution < 1.29 is 22.4 Å². The normalized spacial score (nSPS) is 11.5. The maximum Gasteiger partial charge on any atom is 0.416 e. The molecule has 1 N–H and O–H groups in total. The third kappa shape index (κ3) is 4.64. The van der Waals surface area contributed by atoms with E-state index in [1.54, 1.807) is 11.6 Å². The van der Waals surface area contributed by atoms with Gasteiger partial charge < -0.3 is 5.32 Å². The van der Waals surface area contributed by atoms with Crippen LogP contribution in [0, 0.1) is 19.7 Å². The summed E-state index contributed by atoms with van der Waals surface area (Å²) in [5.41, 5.74) is 1.85. The number of aryl methyl sites for hydroxylation is 1. The molecule has 8 heteroatoms. The molecule has 2 aromatic carbocycles. The molecule has 0 aliphatic rings. The van der Waals surface area contributed by atoms with Crippen LogP contribution >= 0.6 is 0 Å². The molecule has 0 saturated heterocycles. The van der Waals surface area contributed by atoms with Crippen LogP contribution in [0.2, 0.25) is 0 Å². The molecule has 0 radical (unpaired) electrons. The number of alkyl halides is 3. The van der Waals surface area contributed by atoms with E-state index in [0.29, 0.717) is 17.8 Å². The molecule has 0 saturated carbocycles. The van der Waals surface area contributed by atoms with Crippen LogP contribution in [0.15, 0.2) is 48.5 Å². The second-order valence-electron chi connectivity index (χ2n) is 6.65. The summed E-state index contributed by atoms with van der Waals surface area (Å²) in [6.45, 7) is 3.28. The van der Waals surface area contributed by atoms with Gasteiger partial charge in [0, 0.05) is 23.4 Å². The zero-order valence-corrected chi connectivity index (χ0v) is 15.8. The molecule has 3 aromatic rings. The van der Waals surface area contributed by atoms with Gasteiger partial charge in [-0.2, -0.15) is 18.3 Å². The van der Waals surface area contributed by atoms with Crippen LogP contribution in [-0.4, -0.2) is 15.7 Å². The zero-order valence-electron chi connectivity index (χ0n) is 15.8. The number of carbonyl (C=O) groups is 1. The molecule has 1 heterocycles. The van der Waals surface area contributed by atoms with E-state index in [1.807, 2.05) is 37.3 Å². The highest BCUT2D eigenvalue weighted by atomic mass is 19.4. The number of para-hydroxylation sites is 1. The number of amides is 1. The van der Waals surface area contributed by atoms with Crippen LogP contribution in [0.25, 0.3) is 5.69 Å². The van der Waals surface area contributed by atoms with Crippen molar-refractivity contribution in [3.05, 3.63) is 82.4 Å². The van der Waals surface area contributed by atoms with E-state index in [4.69, 9.17) is 0 Å². The van der Waals surface area contributed by atoms with Crippen molar-refractivity contribution in [1.82, 2.24) is 15.1 Å². The Morgan fingerprint density at radius 1 is 1.10 bits per heavy atom. The summed E-state index contributed by atoms with van der Waals surface area (Å²) in [7, 11) is 0. The van der Waals surface area contributed by atoms with E-state index < -0.39 is 23.5 Å². The summed E-state index contributed by atoms with van der Waals surface area (Å²) < 4.78 is 53.9. The minimum Gasteiger partial charge on any atom is -0.352 e. The summed E-state index contributed by atoms with van der Waals surface area (Å²) in [6, 6.07) is 11.5. The van der Waals surface area contributed by atoms with Gasteiger partial charge in [0.25, 0.3) is 0 Å². The predicted octanol–water partition coefficient (Wildman–Crippen LogP) is 4.51. The predicted molar refractivity (Wildman–Crippen MR) is 100.0 cm³/mol. The molecule has 1 aromatic heterocycles. The van der Waals surface area contributed by atoms with Crippen molar-refractivity contribution in [2.24, 2.45) is 0 Å². The van der Waals surface area contributed by atoms with Gasteiger partial charge >= 0.3 is 6.18 Å². The Balaban J connectivity index is 1.72. The average molecular weight is 405 g/mol. The molecule has 152 valence electrons. The van der Waals surface area contributed by atoms with E-state index in [0.717, 1.165) is 23.0 Å². The third-order valence-corrected chi connectivity index (χ3v) is 4.63. The van der Waals surface area contributed by atoms with Gasteiger partial charge in [0.05, 0.1) is 23.4 Å². The van der Waals surface area contributed by atoms with Crippen LogP contribution in [-0.2, 0) is 23.9 Å². The fraction of sp³-hybridized carbons (Fsp3) is 0.238. The Morgan fingerprint density at radius 3 is 2.45 bits per heavy atom. The molecule has 0 spiro atoms. The molecule has 0 fully saturated rings. The van der Waals surface area contributed by atoms with Crippen molar-refractivity contribution in [2.75, 3.05) is 0 Å². The van der Waals surface area contributed by atoms with Gasteiger partial charge in [0.1, 0.15) is 5.82 Å². The van der Waals surface area contributed by atoms with E-state index >= 15 is 0 Å². The van der Waals surface area contributed by atoms with Gasteiger partial charge in [-0.3, -0.25) is 4.79 Å². The van der Waals surface area contributed by atoms with Gasteiger partial charge in [0.2, 0.25) is 5.91 Å². The van der Waals surface area contributed by atoms with E-state index in [-0.39, 0.29) is 18.5 Å². The SMILES string of the molecule is Cc1nn(-c2ccccc2)c(C)c1CC(=O)NCc1cc(C(F)(F)F)ccc1F. The third-order valence-electron chi connectivity index (χ3n) is 4.63. The number of nitrogens with one attached hydrogen (secondary N) is 1. The summed E-state index contributed by atoms with van der Waals surface area (Å²) in [4.78, 5) is 12.3. The van der Waals surface area contributed by atoms with Gasteiger partial charge in [-0.15, -0.1) is 0 Å². The van der Waals surface area contributed by atoms with E-state index in [9.17, 15) is 22.4 Å². The molecule has 0 unspecified atom stereocenters. The fourth-order valence-corrected chi connectivity index (χ4v) is 3.05. The van der Waals surface area contributed by atoms with Crippen LogP contribution in [0.3, 0.4) is 0 Å². The van der Waals surface area contributed by atoms with Gasteiger partial charge in [-0.1, -0.05) is 18.2 Å². The molecule has 0 bridgehead atoms. The van der Waals surface area contributed by atoms with Crippen molar-refractivity contribution in [3.8, 4) is 5.69 Å². The first-order chi connectivity index (χ1) is 13.7. The smallest absolute Gasteiger partial charge is 0.352 e. The quantitative estimate of drug-likeness (QED) is 0.635. The molecule has 29 heavy (non-hydrogen) atoms. The number of halogens is 4. The Kier molecular flexibility index (Phi) is 5.72. The molecule has 0 aliphatic heterocycles. The number of nitrogens with zero attached hydrogens (tertiary/aromatic N) is 2. The van der Waals surface area contributed by atoms with Crippen LogP contribution in [0.1, 0.15) is 28.1 Å². The van der Waals surface area contributed by atoms with Crippen LogP contribution in [0.4, 0.5) is 17.6 Å². The maximum absolute atomic E-state index is 13.8. The zero-order chi connectivity index (χ0) is 21.2. The second kappa shape index (κ2) is 8.06. The minimum atomic E-state index is -4.58. The summed E-state index contributed by atoms with van der Waals surface area (Å²) >= 11 is 0. The number of benzene rings is 2. The van der Waals surface area contributed by atoms with E-state index in [2.05, 4.69) is 10.4 Å². The highest BCUT2D eigenvalue weighted by molar-refractivity contribution is 5.79. The van der Waals surface area contributed by atoms with Gasteiger partial charge in [0.15, 0.2) is 0 Å². The summed E-state index contributed by atoms with van der Waals surface area (Å²) in [5, 5.41) is 6.94. The highest BCUT2D eigenvalue weighted by Gasteiger charge is 2.31. The first-order valence-corrected chi connectivity index (χ1v) is 8.89. The standard InChI is InChI=1S/C21H19F4N3O/c1-13-18(14(2)28(27-13)17-6-4-3-5-7-17)11-20(29)26-12-15-10-16(21(23,24)25)8-9-19(15)22/h3-10H,11-12H2,1-2H3,(H,26,29).